The number of piperidine rings is 2. The summed E-state index contributed by atoms with van der Waals surface area (Å²) in [6, 6.07) is 6.93. The lowest BCUT2D eigenvalue weighted by Crippen LogP contribution is -2.40. The third kappa shape index (κ3) is 6.72. The molecule has 12 nitrogen and oxygen atoms in total. The van der Waals surface area contributed by atoms with Crippen molar-refractivity contribution in [1.29, 1.82) is 0 Å². The minimum Gasteiger partial charge on any atom is -0.465 e. The Morgan fingerprint density at radius 1 is 0.978 bits per heavy atom. The number of alkyl halides is 2. The second-order valence-electron chi connectivity index (χ2n) is 12.3. The molecule has 1 unspecified atom stereocenters. The third-order valence-corrected chi connectivity index (χ3v) is 10.7. The van der Waals surface area contributed by atoms with Crippen molar-refractivity contribution in [2.24, 2.45) is 5.41 Å². The second kappa shape index (κ2) is 11.8. The first kappa shape index (κ1) is 31.1. The van der Waals surface area contributed by atoms with Crippen molar-refractivity contribution in [3.05, 3.63) is 36.2 Å². The van der Waals surface area contributed by atoms with Gasteiger partial charge < -0.3 is 14.5 Å². The van der Waals surface area contributed by atoms with Crippen LogP contribution in [-0.4, -0.2) is 83.3 Å². The van der Waals surface area contributed by atoms with Gasteiger partial charge in [0.05, 0.1) is 35.6 Å². The number of aromatic nitrogens is 5. The van der Waals surface area contributed by atoms with Crippen LogP contribution in [-0.2, 0) is 19.6 Å². The summed E-state index contributed by atoms with van der Waals surface area (Å²) in [4.78, 5) is 25.3. The van der Waals surface area contributed by atoms with Gasteiger partial charge in [-0.2, -0.15) is 0 Å². The summed E-state index contributed by atoms with van der Waals surface area (Å²) >= 11 is 0. The molecule has 242 valence electrons. The number of ether oxygens (including phenoxy) is 1. The van der Waals surface area contributed by atoms with Gasteiger partial charge in [0.1, 0.15) is 5.69 Å². The quantitative estimate of drug-likeness (QED) is 0.335. The van der Waals surface area contributed by atoms with Gasteiger partial charge in [0.25, 0.3) is 5.92 Å². The number of carbonyl (C=O) groups excluding carboxylic acids is 1. The van der Waals surface area contributed by atoms with Crippen LogP contribution in [0.2, 0.25) is 0 Å². The zero-order chi connectivity index (χ0) is 32.0. The lowest BCUT2D eigenvalue weighted by molar-refractivity contribution is -0.142. The zero-order valence-corrected chi connectivity index (χ0v) is 26.5. The largest absolute Gasteiger partial charge is 0.465 e. The van der Waals surface area contributed by atoms with E-state index in [1.54, 1.807) is 47.0 Å². The molecule has 1 saturated carbocycles. The number of benzene rings is 1. The lowest BCUT2D eigenvalue weighted by Gasteiger charge is -2.35. The van der Waals surface area contributed by atoms with Crippen molar-refractivity contribution >= 4 is 33.3 Å². The van der Waals surface area contributed by atoms with E-state index in [4.69, 9.17) is 4.74 Å². The molecule has 0 radical (unpaired) electrons. The smallest absolute Gasteiger partial charge is 0.325 e. The molecule has 2 aliphatic heterocycles. The molecule has 6 rings (SSSR count). The number of halogens is 2. The molecular formula is C30H38F2N8O4S. The van der Waals surface area contributed by atoms with Crippen LogP contribution in [0, 0.1) is 12.3 Å². The normalized spacial score (nSPS) is 19.8. The fraction of sp³-hybridized carbons (Fsp3) is 0.567. The van der Waals surface area contributed by atoms with Crippen LogP contribution < -0.4 is 14.5 Å². The first-order valence-electron chi connectivity index (χ1n) is 15.4. The van der Waals surface area contributed by atoms with Crippen molar-refractivity contribution in [1.82, 2.24) is 25.0 Å². The van der Waals surface area contributed by atoms with Crippen LogP contribution in [0.15, 0.2) is 30.5 Å². The average molecular weight is 645 g/mol. The first-order valence-corrected chi connectivity index (χ1v) is 16.9. The Hall–Kier alpha value is -3.88. The molecule has 15 heteroatoms. The molecule has 4 heterocycles. The summed E-state index contributed by atoms with van der Waals surface area (Å²) in [6.07, 6.45) is 5.84. The van der Waals surface area contributed by atoms with Gasteiger partial charge in [-0.25, -0.2) is 31.8 Å². The maximum Gasteiger partial charge on any atom is 0.325 e. The summed E-state index contributed by atoms with van der Waals surface area (Å²) in [5.74, 6) is -3.11. The molecule has 0 amide bonds. The number of nitrogens with one attached hydrogen (secondary N) is 1. The van der Waals surface area contributed by atoms with Crippen molar-refractivity contribution in [2.75, 3.05) is 47.3 Å². The molecule has 2 aromatic heterocycles. The number of sulfonamides is 1. The van der Waals surface area contributed by atoms with Crippen molar-refractivity contribution in [3.63, 3.8) is 0 Å². The number of esters is 1. The fourth-order valence-electron chi connectivity index (χ4n) is 5.93. The second-order valence-corrected chi connectivity index (χ2v) is 14.3. The number of hydrogen-bond donors (Lipinski definition) is 1. The van der Waals surface area contributed by atoms with Gasteiger partial charge >= 0.3 is 5.97 Å². The molecular weight excluding hydrogens is 606 g/mol. The highest BCUT2D eigenvalue weighted by Crippen LogP contribution is 2.54. The highest BCUT2D eigenvalue weighted by atomic mass is 32.2. The number of carbonyl (C=O) groups is 1. The first-order chi connectivity index (χ1) is 21.4. The summed E-state index contributed by atoms with van der Waals surface area (Å²) in [6.45, 7) is 6.78. The van der Waals surface area contributed by atoms with Crippen LogP contribution in [0.25, 0.3) is 17.1 Å². The molecule has 1 spiro atoms. The molecule has 0 bridgehead atoms. The zero-order valence-electron chi connectivity index (χ0n) is 25.7. The van der Waals surface area contributed by atoms with Gasteiger partial charge in [0.15, 0.2) is 5.25 Å². The Morgan fingerprint density at radius 3 is 2.33 bits per heavy atom. The summed E-state index contributed by atoms with van der Waals surface area (Å²) in [5, 5.41) is 7.39. The van der Waals surface area contributed by atoms with E-state index >= 15 is 0 Å². The number of anilines is 3. The Morgan fingerprint density at radius 2 is 1.67 bits per heavy atom. The van der Waals surface area contributed by atoms with Crippen molar-refractivity contribution < 1.29 is 26.7 Å². The lowest BCUT2D eigenvalue weighted by atomic mass is 9.93. The molecule has 1 atom stereocenters. The van der Waals surface area contributed by atoms with Crippen molar-refractivity contribution in [2.45, 2.75) is 70.5 Å². The Kier molecular flexibility index (Phi) is 8.16. The molecule has 3 aromatic rings. The topological polar surface area (TPSA) is 135 Å². The van der Waals surface area contributed by atoms with Gasteiger partial charge in [-0.05, 0) is 76.1 Å². The molecule has 1 aliphatic carbocycles. The number of nitrogens with zero attached hydrogens (tertiary/aromatic N) is 7. The van der Waals surface area contributed by atoms with Crippen molar-refractivity contribution in [3.8, 4) is 17.1 Å². The standard InChI is InChI=1S/C30H38F2N8O4S/c1-4-44-27(41)21(3)45(42,43)36-22-5-6-25(26(18-22)38-13-9-29(7-8-29)10-14-38)40-19-24(35-37-40)23-17-20(2)33-28(34-23)39-15-11-30(31,32)12-16-39/h5-6,17-19,21,36H,4,7-16H2,1-3H3. The molecule has 1 N–H and O–H groups in total. The monoisotopic (exact) mass is 644 g/mol. The van der Waals surface area contributed by atoms with Crippen LogP contribution in [0.4, 0.5) is 26.1 Å². The van der Waals surface area contributed by atoms with E-state index in [0.717, 1.165) is 31.6 Å². The van der Waals surface area contributed by atoms with Crippen LogP contribution in [0.1, 0.15) is 58.1 Å². The number of rotatable bonds is 9. The molecule has 3 fully saturated rings. The summed E-state index contributed by atoms with van der Waals surface area (Å²) in [7, 11) is -4.06. The Labute approximate surface area is 261 Å². The van der Waals surface area contributed by atoms with E-state index in [0.29, 0.717) is 39.8 Å². The van der Waals surface area contributed by atoms with Crippen LogP contribution in [0.3, 0.4) is 0 Å². The fourth-order valence-corrected chi connectivity index (χ4v) is 6.88. The van der Waals surface area contributed by atoms with Crippen LogP contribution >= 0.6 is 0 Å². The molecule has 3 aliphatic rings. The predicted molar refractivity (Wildman–Crippen MR) is 165 cm³/mol. The number of hydrogen-bond acceptors (Lipinski definition) is 10. The number of aryl methyl sites for hydroxylation is 1. The van der Waals surface area contributed by atoms with E-state index < -0.39 is 27.2 Å². The molecule has 1 aromatic carbocycles. The minimum absolute atomic E-state index is 0.0843. The average Bonchev–Trinajstić information content (AvgIpc) is 3.56. The van der Waals surface area contributed by atoms with Crippen LogP contribution in [0.5, 0.6) is 0 Å². The maximum atomic E-state index is 13.7. The van der Waals surface area contributed by atoms with Gasteiger partial charge in [0.2, 0.25) is 16.0 Å². The van der Waals surface area contributed by atoms with E-state index in [9.17, 15) is 22.0 Å². The molecule has 45 heavy (non-hydrogen) atoms. The molecule has 2 saturated heterocycles. The summed E-state index contributed by atoms with van der Waals surface area (Å²) in [5.41, 5.74) is 3.91. The highest BCUT2D eigenvalue weighted by molar-refractivity contribution is 7.94. The minimum atomic E-state index is -4.06. The SMILES string of the molecule is CCOC(=O)C(C)S(=O)(=O)Nc1ccc(-n2cc(-c3cc(C)nc(N4CCC(F)(F)CC4)n3)nn2)c(N2CCC3(CC2)CC3)c1. The van der Waals surface area contributed by atoms with Gasteiger partial charge in [0, 0.05) is 44.7 Å². The predicted octanol–water partition coefficient (Wildman–Crippen LogP) is 4.34. The van der Waals surface area contributed by atoms with Gasteiger partial charge in [-0.3, -0.25) is 9.52 Å². The third-order valence-electron chi connectivity index (χ3n) is 9.06. The Balaban J connectivity index is 1.29. The van der Waals surface area contributed by atoms with E-state index in [-0.39, 0.29) is 32.5 Å². The van der Waals surface area contributed by atoms with E-state index in [1.165, 1.54) is 19.8 Å². The van der Waals surface area contributed by atoms with Gasteiger partial charge in [-0.1, -0.05) is 5.21 Å². The van der Waals surface area contributed by atoms with Gasteiger partial charge in [-0.15, -0.1) is 5.10 Å². The Bertz CT molecular complexity index is 1670. The summed E-state index contributed by atoms with van der Waals surface area (Å²) < 4.78 is 62.6. The highest BCUT2D eigenvalue weighted by Gasteiger charge is 2.44. The van der Waals surface area contributed by atoms with E-state index in [1.807, 2.05) is 6.92 Å². The van der Waals surface area contributed by atoms with E-state index in [2.05, 4.69) is 29.9 Å². The maximum absolute atomic E-state index is 13.7.